The number of ether oxygens (including phenoxy) is 1. The summed E-state index contributed by atoms with van der Waals surface area (Å²) in [5.74, 6) is 0.789. The van der Waals surface area contributed by atoms with Gasteiger partial charge < -0.3 is 15.4 Å². The highest BCUT2D eigenvalue weighted by Crippen LogP contribution is 2.26. The topological polar surface area (TPSA) is 63.2 Å². The molecule has 0 spiro atoms. The van der Waals surface area contributed by atoms with Crippen molar-refractivity contribution in [2.45, 2.75) is 32.7 Å². The van der Waals surface area contributed by atoms with Crippen molar-refractivity contribution in [2.75, 3.05) is 13.7 Å². The van der Waals surface area contributed by atoms with Crippen LogP contribution in [-0.2, 0) is 6.42 Å². The molecule has 0 saturated heterocycles. The number of rotatable bonds is 7. The summed E-state index contributed by atoms with van der Waals surface area (Å²) in [6.45, 7) is 4.58. The van der Waals surface area contributed by atoms with Crippen LogP contribution in [0.5, 0.6) is 5.75 Å². The Hall–Kier alpha value is -2.08. The van der Waals surface area contributed by atoms with Gasteiger partial charge in [0.1, 0.15) is 5.75 Å². The summed E-state index contributed by atoms with van der Waals surface area (Å²) in [5.41, 5.74) is 2.01. The van der Waals surface area contributed by atoms with Gasteiger partial charge in [0, 0.05) is 23.9 Å². The molecule has 2 N–H and O–H groups in total. The Bertz CT molecular complexity index is 642. The molecule has 0 fully saturated rings. The molecule has 1 heterocycles. The van der Waals surface area contributed by atoms with E-state index in [1.54, 1.807) is 18.4 Å². The largest absolute Gasteiger partial charge is 0.496 e. The number of hydrogen-bond donors (Lipinski definition) is 2. The Morgan fingerprint density at radius 1 is 1.39 bits per heavy atom. The van der Waals surface area contributed by atoms with Gasteiger partial charge in [0.05, 0.1) is 23.9 Å². The van der Waals surface area contributed by atoms with E-state index in [1.807, 2.05) is 43.5 Å². The van der Waals surface area contributed by atoms with Crippen LogP contribution in [0.2, 0.25) is 0 Å². The molecule has 2 amide bonds. The number of hydrogen-bond acceptors (Lipinski definition) is 4. The standard InChI is InChI=1S/C17H23N3O2S/c1-4-15(14-7-5-6-8-16(14)22-3)20-17(21)18-10-9-13-11-23-12(2)19-13/h5-8,11,15H,4,9-10H2,1-3H3,(H2,18,20,21)/t15-/m1/s1. The number of amides is 2. The molecule has 0 saturated carbocycles. The summed E-state index contributed by atoms with van der Waals surface area (Å²) in [6.07, 6.45) is 1.53. The zero-order valence-corrected chi connectivity index (χ0v) is 14.6. The number of carbonyl (C=O) groups is 1. The predicted octanol–water partition coefficient (Wildman–Crippen LogP) is 3.45. The molecule has 1 aromatic heterocycles. The van der Waals surface area contributed by atoms with Gasteiger partial charge in [-0.2, -0.15) is 0 Å². The lowest BCUT2D eigenvalue weighted by atomic mass is 10.0. The van der Waals surface area contributed by atoms with E-state index in [0.717, 1.165) is 34.9 Å². The number of aromatic nitrogens is 1. The van der Waals surface area contributed by atoms with Crippen LogP contribution in [0.3, 0.4) is 0 Å². The van der Waals surface area contributed by atoms with Gasteiger partial charge in [0.15, 0.2) is 0 Å². The summed E-state index contributed by atoms with van der Waals surface area (Å²) in [5, 5.41) is 8.96. The number of urea groups is 1. The van der Waals surface area contributed by atoms with Crippen molar-refractivity contribution in [3.05, 3.63) is 45.9 Å². The molecule has 0 aliphatic rings. The molecule has 2 rings (SSSR count). The second-order valence-electron chi connectivity index (χ2n) is 5.21. The smallest absolute Gasteiger partial charge is 0.315 e. The third-order valence-electron chi connectivity index (χ3n) is 3.56. The summed E-state index contributed by atoms with van der Waals surface area (Å²) in [6, 6.07) is 7.51. The lowest BCUT2D eigenvalue weighted by Gasteiger charge is -2.20. The van der Waals surface area contributed by atoms with Crippen molar-refractivity contribution in [3.8, 4) is 5.75 Å². The Balaban J connectivity index is 1.87. The van der Waals surface area contributed by atoms with Crippen LogP contribution >= 0.6 is 11.3 Å². The minimum Gasteiger partial charge on any atom is -0.496 e. The molecule has 0 aliphatic carbocycles. The van der Waals surface area contributed by atoms with Crippen LogP contribution in [-0.4, -0.2) is 24.7 Å². The van der Waals surface area contributed by atoms with E-state index >= 15 is 0 Å². The van der Waals surface area contributed by atoms with Gasteiger partial charge in [-0.25, -0.2) is 9.78 Å². The number of thiazole rings is 1. The monoisotopic (exact) mass is 333 g/mol. The summed E-state index contributed by atoms with van der Waals surface area (Å²) < 4.78 is 5.37. The molecular formula is C17H23N3O2S. The van der Waals surface area contributed by atoms with Crippen LogP contribution in [0.15, 0.2) is 29.6 Å². The van der Waals surface area contributed by atoms with Gasteiger partial charge in [0.2, 0.25) is 0 Å². The third-order valence-corrected chi connectivity index (χ3v) is 4.38. The summed E-state index contributed by atoms with van der Waals surface area (Å²) in [7, 11) is 1.64. The predicted molar refractivity (Wildman–Crippen MR) is 93.1 cm³/mol. The van der Waals surface area contributed by atoms with Crippen molar-refractivity contribution < 1.29 is 9.53 Å². The number of benzene rings is 1. The maximum atomic E-state index is 12.1. The van der Waals surface area contributed by atoms with Gasteiger partial charge in [-0.1, -0.05) is 25.1 Å². The SMILES string of the molecule is CC[C@@H](NC(=O)NCCc1csc(C)n1)c1ccccc1OC. The Labute approximate surface area is 141 Å². The van der Waals surface area contributed by atoms with Gasteiger partial charge in [-0.05, 0) is 19.4 Å². The average Bonchev–Trinajstić information content (AvgIpc) is 2.98. The van der Waals surface area contributed by atoms with Crippen LogP contribution < -0.4 is 15.4 Å². The number of methoxy groups -OCH3 is 1. The lowest BCUT2D eigenvalue weighted by Crippen LogP contribution is -2.38. The maximum absolute atomic E-state index is 12.1. The molecule has 0 radical (unpaired) electrons. The van der Waals surface area contributed by atoms with E-state index in [-0.39, 0.29) is 12.1 Å². The van der Waals surface area contributed by atoms with E-state index < -0.39 is 0 Å². The van der Waals surface area contributed by atoms with Gasteiger partial charge in [-0.15, -0.1) is 11.3 Å². The first-order valence-corrected chi connectivity index (χ1v) is 8.60. The molecule has 0 unspecified atom stereocenters. The van der Waals surface area contributed by atoms with Crippen LogP contribution in [0.25, 0.3) is 0 Å². The fraction of sp³-hybridized carbons (Fsp3) is 0.412. The molecule has 1 atom stereocenters. The number of nitrogens with zero attached hydrogens (tertiary/aromatic N) is 1. The van der Waals surface area contributed by atoms with E-state index in [1.165, 1.54) is 0 Å². The van der Waals surface area contributed by atoms with Crippen LogP contribution in [0.1, 0.15) is 35.7 Å². The van der Waals surface area contributed by atoms with Crippen LogP contribution in [0, 0.1) is 6.92 Å². The number of aryl methyl sites for hydroxylation is 1. The molecule has 0 aliphatic heterocycles. The summed E-state index contributed by atoms with van der Waals surface area (Å²) >= 11 is 1.63. The number of nitrogens with one attached hydrogen (secondary N) is 2. The fourth-order valence-electron chi connectivity index (χ4n) is 2.39. The minimum absolute atomic E-state index is 0.0762. The molecular weight excluding hydrogens is 310 g/mol. The molecule has 0 bridgehead atoms. The average molecular weight is 333 g/mol. The first-order valence-electron chi connectivity index (χ1n) is 7.72. The molecule has 2 aromatic rings. The van der Waals surface area contributed by atoms with Gasteiger partial charge in [0.25, 0.3) is 0 Å². The Morgan fingerprint density at radius 3 is 2.83 bits per heavy atom. The van der Waals surface area contributed by atoms with Crippen LogP contribution in [0.4, 0.5) is 4.79 Å². The van der Waals surface area contributed by atoms with Gasteiger partial charge in [-0.3, -0.25) is 0 Å². The third kappa shape index (κ3) is 4.96. The summed E-state index contributed by atoms with van der Waals surface area (Å²) in [4.78, 5) is 16.5. The molecule has 5 nitrogen and oxygen atoms in total. The quantitative estimate of drug-likeness (QED) is 0.816. The molecule has 6 heteroatoms. The van der Waals surface area contributed by atoms with Crippen molar-refractivity contribution in [1.29, 1.82) is 0 Å². The Kier molecular flexibility index (Phi) is 6.40. The van der Waals surface area contributed by atoms with E-state index in [2.05, 4.69) is 15.6 Å². The van der Waals surface area contributed by atoms with Crippen molar-refractivity contribution in [2.24, 2.45) is 0 Å². The highest BCUT2D eigenvalue weighted by Gasteiger charge is 2.16. The number of para-hydroxylation sites is 1. The highest BCUT2D eigenvalue weighted by molar-refractivity contribution is 7.09. The first kappa shape index (κ1) is 17.3. The molecule has 23 heavy (non-hydrogen) atoms. The normalized spacial score (nSPS) is 11.8. The first-order chi connectivity index (χ1) is 11.1. The van der Waals surface area contributed by atoms with E-state index in [9.17, 15) is 4.79 Å². The van der Waals surface area contributed by atoms with Crippen molar-refractivity contribution in [3.63, 3.8) is 0 Å². The fourth-order valence-corrected chi connectivity index (χ4v) is 3.04. The Morgan fingerprint density at radius 2 is 2.17 bits per heavy atom. The van der Waals surface area contributed by atoms with Crippen molar-refractivity contribution in [1.82, 2.24) is 15.6 Å². The minimum atomic E-state index is -0.172. The zero-order chi connectivity index (χ0) is 16.7. The second-order valence-corrected chi connectivity index (χ2v) is 6.27. The van der Waals surface area contributed by atoms with Crippen molar-refractivity contribution >= 4 is 17.4 Å². The van der Waals surface area contributed by atoms with Gasteiger partial charge >= 0.3 is 6.03 Å². The van der Waals surface area contributed by atoms with E-state index in [0.29, 0.717) is 6.54 Å². The molecule has 1 aromatic carbocycles. The second kappa shape index (κ2) is 8.53. The highest BCUT2D eigenvalue weighted by atomic mass is 32.1. The zero-order valence-electron chi connectivity index (χ0n) is 13.8. The maximum Gasteiger partial charge on any atom is 0.315 e. The number of carbonyl (C=O) groups excluding carboxylic acids is 1. The molecule has 124 valence electrons. The van der Waals surface area contributed by atoms with E-state index in [4.69, 9.17) is 4.74 Å². The lowest BCUT2D eigenvalue weighted by molar-refractivity contribution is 0.236.